The van der Waals surface area contributed by atoms with Gasteiger partial charge < -0.3 is 10.2 Å². The third-order valence-corrected chi connectivity index (χ3v) is 7.54. The number of nitrogens with one attached hydrogen (secondary N) is 1. The Kier molecular flexibility index (Phi) is 9.95. The van der Waals surface area contributed by atoms with Gasteiger partial charge in [-0.1, -0.05) is 59.5 Å². The number of carbonyl (C=O) groups excluding carboxylic acids is 2. The molecule has 2 aromatic rings. The van der Waals surface area contributed by atoms with Gasteiger partial charge in [0, 0.05) is 34.9 Å². The molecule has 2 amide bonds. The molecule has 0 aromatic heterocycles. The average molecular weight is 549 g/mol. The van der Waals surface area contributed by atoms with E-state index in [-0.39, 0.29) is 29.3 Å². The molecule has 2 aromatic carbocycles. The van der Waals surface area contributed by atoms with Crippen LogP contribution in [0.2, 0.25) is 0 Å². The van der Waals surface area contributed by atoms with E-state index < -0.39 is 11.0 Å². The number of carbonyl (C=O) groups is 2. The minimum absolute atomic E-state index is 0.0447. The molecule has 0 bridgehead atoms. The average Bonchev–Trinajstić information content (AvgIpc) is 2.84. The van der Waals surface area contributed by atoms with Gasteiger partial charge in [-0.3, -0.25) is 19.7 Å². The lowest BCUT2D eigenvalue weighted by Crippen LogP contribution is -2.50. The Balaban J connectivity index is 1.63. The Morgan fingerprint density at radius 1 is 1.09 bits per heavy atom. The van der Waals surface area contributed by atoms with Crippen molar-refractivity contribution in [2.45, 2.75) is 63.4 Å². The van der Waals surface area contributed by atoms with E-state index in [0.29, 0.717) is 12.3 Å². The van der Waals surface area contributed by atoms with E-state index in [4.69, 9.17) is 0 Å². The molecule has 0 unspecified atom stereocenters. The third-order valence-electron chi connectivity index (χ3n) is 6.03. The first-order valence-electron chi connectivity index (χ1n) is 11.5. The monoisotopic (exact) mass is 547 g/mol. The fourth-order valence-electron chi connectivity index (χ4n) is 3.99. The number of halogens is 1. The second-order valence-electron chi connectivity index (χ2n) is 8.58. The van der Waals surface area contributed by atoms with Gasteiger partial charge in [0.25, 0.3) is 5.69 Å². The van der Waals surface area contributed by atoms with Gasteiger partial charge in [0.05, 0.1) is 10.7 Å². The zero-order valence-corrected chi connectivity index (χ0v) is 21.6. The highest BCUT2D eigenvalue weighted by Gasteiger charge is 2.28. The molecular weight excluding hydrogens is 518 g/mol. The Labute approximate surface area is 213 Å². The fourth-order valence-corrected chi connectivity index (χ4v) is 5.13. The van der Waals surface area contributed by atoms with Crippen molar-refractivity contribution >= 4 is 45.2 Å². The second kappa shape index (κ2) is 12.9. The van der Waals surface area contributed by atoms with Crippen LogP contribution < -0.4 is 5.32 Å². The maximum absolute atomic E-state index is 13.2. The van der Waals surface area contributed by atoms with E-state index in [0.717, 1.165) is 41.3 Å². The molecule has 0 heterocycles. The number of rotatable bonds is 10. The van der Waals surface area contributed by atoms with Crippen LogP contribution in [0.3, 0.4) is 0 Å². The number of nitrogens with zero attached hydrogens (tertiary/aromatic N) is 2. The van der Waals surface area contributed by atoms with Gasteiger partial charge in [0.15, 0.2) is 0 Å². The summed E-state index contributed by atoms with van der Waals surface area (Å²) >= 11 is 4.87. The van der Waals surface area contributed by atoms with Gasteiger partial charge >= 0.3 is 0 Å². The number of nitro groups is 1. The van der Waals surface area contributed by atoms with E-state index >= 15 is 0 Å². The van der Waals surface area contributed by atoms with Crippen molar-refractivity contribution in [2.24, 2.45) is 0 Å². The molecule has 1 fully saturated rings. The van der Waals surface area contributed by atoms with Crippen molar-refractivity contribution in [3.63, 3.8) is 0 Å². The van der Waals surface area contributed by atoms with Gasteiger partial charge in [-0.15, -0.1) is 11.8 Å². The highest BCUT2D eigenvalue weighted by Crippen LogP contribution is 2.21. The molecule has 0 aliphatic heterocycles. The molecule has 1 N–H and O–H groups in total. The van der Waals surface area contributed by atoms with Crippen LogP contribution in [0.25, 0.3) is 0 Å². The summed E-state index contributed by atoms with van der Waals surface area (Å²) in [5.41, 5.74) is 1.91. The molecule has 1 aliphatic rings. The van der Waals surface area contributed by atoms with Crippen molar-refractivity contribution in [2.75, 3.05) is 5.75 Å². The smallest absolute Gasteiger partial charge is 0.269 e. The van der Waals surface area contributed by atoms with Crippen molar-refractivity contribution in [1.29, 1.82) is 0 Å². The first-order chi connectivity index (χ1) is 16.3. The predicted molar refractivity (Wildman–Crippen MR) is 138 cm³/mol. The lowest BCUT2D eigenvalue weighted by Gasteiger charge is -2.31. The van der Waals surface area contributed by atoms with Gasteiger partial charge in [-0.05, 0) is 43.0 Å². The lowest BCUT2D eigenvalue weighted by molar-refractivity contribution is -0.384. The quantitative estimate of drug-likeness (QED) is 0.315. The highest BCUT2D eigenvalue weighted by atomic mass is 79.9. The molecule has 1 saturated carbocycles. The second-order valence-corrected chi connectivity index (χ2v) is 10.5. The molecule has 0 radical (unpaired) electrons. The van der Waals surface area contributed by atoms with Crippen LogP contribution in [0.15, 0.2) is 53.0 Å². The molecule has 1 atom stereocenters. The molecule has 182 valence electrons. The van der Waals surface area contributed by atoms with Crippen LogP contribution in [0.1, 0.15) is 50.2 Å². The van der Waals surface area contributed by atoms with Gasteiger partial charge in [0.2, 0.25) is 11.8 Å². The molecule has 7 nitrogen and oxygen atoms in total. The van der Waals surface area contributed by atoms with Crippen LogP contribution in [0, 0.1) is 10.1 Å². The minimum Gasteiger partial charge on any atom is -0.352 e. The van der Waals surface area contributed by atoms with Crippen LogP contribution in [-0.4, -0.2) is 39.5 Å². The maximum Gasteiger partial charge on any atom is 0.269 e. The molecule has 0 spiro atoms. The number of benzene rings is 2. The number of amides is 2. The minimum atomic E-state index is -0.585. The molecule has 0 saturated heterocycles. The number of nitro benzene ring substituents is 1. The van der Waals surface area contributed by atoms with E-state index in [1.54, 1.807) is 24.0 Å². The van der Waals surface area contributed by atoms with E-state index in [9.17, 15) is 19.7 Å². The summed E-state index contributed by atoms with van der Waals surface area (Å²) in [5.74, 6) is 0.548. The van der Waals surface area contributed by atoms with Gasteiger partial charge in [-0.25, -0.2) is 0 Å². The van der Waals surface area contributed by atoms with Crippen LogP contribution in [0.5, 0.6) is 0 Å². The Morgan fingerprint density at radius 2 is 1.71 bits per heavy atom. The highest BCUT2D eigenvalue weighted by molar-refractivity contribution is 9.10. The predicted octanol–water partition coefficient (Wildman–Crippen LogP) is 5.46. The maximum atomic E-state index is 13.2. The van der Waals surface area contributed by atoms with Gasteiger partial charge in [-0.2, -0.15) is 0 Å². The van der Waals surface area contributed by atoms with E-state index in [1.807, 2.05) is 24.3 Å². The normalized spacial score (nSPS) is 14.9. The summed E-state index contributed by atoms with van der Waals surface area (Å²) in [4.78, 5) is 38.3. The molecule has 34 heavy (non-hydrogen) atoms. The Bertz CT molecular complexity index is 979. The number of thioether (sulfide) groups is 1. The summed E-state index contributed by atoms with van der Waals surface area (Å²) in [5, 5.41) is 14.0. The van der Waals surface area contributed by atoms with Crippen LogP contribution >= 0.6 is 27.7 Å². The summed E-state index contributed by atoms with van der Waals surface area (Å²) in [6, 6.07) is 13.7. The standard InChI is InChI=1S/C25H30BrN3O4S/c1-18(25(31)27-22-5-3-2-4-6-22)28(15-19-7-11-21(26)12-8-19)24(30)17-34-16-20-9-13-23(14-10-20)29(32)33/h7-14,18,22H,2-6,15-17H2,1H3,(H,27,31)/t18-/m0/s1. The van der Waals surface area contributed by atoms with Crippen molar-refractivity contribution in [1.82, 2.24) is 10.2 Å². The van der Waals surface area contributed by atoms with Gasteiger partial charge in [0.1, 0.15) is 6.04 Å². The summed E-state index contributed by atoms with van der Waals surface area (Å²) in [7, 11) is 0. The SMILES string of the molecule is C[C@@H](C(=O)NC1CCCCC1)N(Cc1ccc(Br)cc1)C(=O)CSCc1ccc([N+](=O)[O-])cc1. The molecular formula is C25H30BrN3O4S. The first-order valence-corrected chi connectivity index (χ1v) is 13.4. The van der Waals surface area contributed by atoms with Crippen LogP contribution in [-0.2, 0) is 21.9 Å². The largest absolute Gasteiger partial charge is 0.352 e. The van der Waals surface area contributed by atoms with Crippen molar-refractivity contribution < 1.29 is 14.5 Å². The molecule has 3 rings (SSSR count). The van der Waals surface area contributed by atoms with E-state index in [2.05, 4.69) is 21.2 Å². The number of hydrogen-bond acceptors (Lipinski definition) is 5. The topological polar surface area (TPSA) is 92.6 Å². The van der Waals surface area contributed by atoms with E-state index in [1.165, 1.54) is 30.3 Å². The summed E-state index contributed by atoms with van der Waals surface area (Å²) < 4.78 is 0.955. The summed E-state index contributed by atoms with van der Waals surface area (Å²) in [6.45, 7) is 2.14. The fraction of sp³-hybridized carbons (Fsp3) is 0.440. The Hall–Kier alpha value is -2.39. The Morgan fingerprint density at radius 3 is 2.32 bits per heavy atom. The third kappa shape index (κ3) is 7.84. The lowest BCUT2D eigenvalue weighted by atomic mass is 9.95. The molecule has 9 heteroatoms. The summed E-state index contributed by atoms with van der Waals surface area (Å²) in [6.07, 6.45) is 5.44. The van der Waals surface area contributed by atoms with Crippen molar-refractivity contribution in [3.8, 4) is 0 Å². The number of hydrogen-bond donors (Lipinski definition) is 1. The first kappa shape index (κ1) is 26.2. The zero-order valence-electron chi connectivity index (χ0n) is 19.2. The zero-order chi connectivity index (χ0) is 24.5. The van der Waals surface area contributed by atoms with Crippen LogP contribution in [0.4, 0.5) is 5.69 Å². The van der Waals surface area contributed by atoms with Crippen molar-refractivity contribution in [3.05, 3.63) is 74.2 Å². The number of non-ortho nitro benzene ring substituents is 1. The molecule has 1 aliphatic carbocycles.